The predicted molar refractivity (Wildman–Crippen MR) is 144 cm³/mol. The van der Waals surface area contributed by atoms with E-state index in [0.717, 1.165) is 72.5 Å². The fourth-order valence-electron chi connectivity index (χ4n) is 5.03. The third kappa shape index (κ3) is 6.99. The fraction of sp³-hybridized carbons (Fsp3) is 0.500. The van der Waals surface area contributed by atoms with Gasteiger partial charge in [-0.2, -0.15) is 5.10 Å². The summed E-state index contributed by atoms with van der Waals surface area (Å²) in [5.41, 5.74) is 1.58. The molecule has 0 N–H and O–H groups in total. The van der Waals surface area contributed by atoms with Crippen LogP contribution in [0.15, 0.2) is 36.4 Å². The van der Waals surface area contributed by atoms with Gasteiger partial charge in [0.05, 0.1) is 31.7 Å². The third-order valence-corrected chi connectivity index (χ3v) is 8.13. The van der Waals surface area contributed by atoms with Crippen LogP contribution < -0.4 is 9.64 Å². The van der Waals surface area contributed by atoms with Crippen LogP contribution in [-0.4, -0.2) is 64.9 Å². The van der Waals surface area contributed by atoms with Crippen molar-refractivity contribution in [2.75, 3.05) is 31.7 Å². The zero-order chi connectivity index (χ0) is 26.3. The number of Topliss-reactive ketones (excluding diaryl/α,β-unsaturated/α-hetero) is 2. The molecular weight excluding hydrogens is 502 g/mol. The number of carbonyl (C=O) groups excluding carboxylic acids is 2. The summed E-state index contributed by atoms with van der Waals surface area (Å²) in [6, 6.07) is 11.4. The van der Waals surface area contributed by atoms with E-state index < -0.39 is 0 Å². The summed E-state index contributed by atoms with van der Waals surface area (Å²) in [6.45, 7) is 2.39. The summed E-state index contributed by atoms with van der Waals surface area (Å²) in [5.74, 6) is 2.04. The van der Waals surface area contributed by atoms with Crippen molar-refractivity contribution in [2.45, 2.75) is 63.4 Å². The standard InChI is InChI=1S/C28H33N5O4S/c1-36-24-7-4-5-19(14-24)13-22(34)15-21-8-9-26(30-29-21)33-11-10-20(18-33)28-32-31-27(38-28)17-23(35)16-25-6-2-3-12-37-25/h4-5,7-9,14,20,25H,2-3,6,10-13,15-18H2,1H3. The van der Waals surface area contributed by atoms with Gasteiger partial charge in [-0.1, -0.05) is 12.1 Å². The molecule has 0 spiro atoms. The number of hydrogen-bond donors (Lipinski definition) is 0. The maximum atomic E-state index is 12.5. The first-order valence-electron chi connectivity index (χ1n) is 13.2. The number of carbonyl (C=O) groups is 2. The summed E-state index contributed by atoms with van der Waals surface area (Å²) in [4.78, 5) is 27.2. The van der Waals surface area contributed by atoms with E-state index >= 15 is 0 Å². The Balaban J connectivity index is 1.10. The number of rotatable bonds is 11. The highest BCUT2D eigenvalue weighted by Gasteiger charge is 2.28. The Labute approximate surface area is 226 Å². The van der Waals surface area contributed by atoms with Crippen molar-refractivity contribution in [1.29, 1.82) is 0 Å². The minimum Gasteiger partial charge on any atom is -0.497 e. The van der Waals surface area contributed by atoms with Crippen molar-refractivity contribution < 1.29 is 19.1 Å². The van der Waals surface area contributed by atoms with E-state index in [2.05, 4.69) is 25.3 Å². The molecule has 10 heteroatoms. The van der Waals surface area contributed by atoms with Crippen LogP contribution in [0.4, 0.5) is 5.82 Å². The summed E-state index contributed by atoms with van der Waals surface area (Å²) in [7, 11) is 1.61. The Kier molecular flexibility index (Phi) is 8.70. The Morgan fingerprint density at radius 2 is 1.95 bits per heavy atom. The molecule has 38 heavy (non-hydrogen) atoms. The van der Waals surface area contributed by atoms with Gasteiger partial charge in [-0.15, -0.1) is 26.6 Å². The number of hydrogen-bond acceptors (Lipinski definition) is 10. The van der Waals surface area contributed by atoms with Crippen LogP contribution in [-0.2, 0) is 33.6 Å². The summed E-state index contributed by atoms with van der Waals surface area (Å²) in [6.07, 6.45) is 5.56. The van der Waals surface area contributed by atoms with Crippen molar-refractivity contribution in [3.63, 3.8) is 0 Å². The number of ketones is 2. The van der Waals surface area contributed by atoms with Crippen molar-refractivity contribution in [1.82, 2.24) is 20.4 Å². The zero-order valence-electron chi connectivity index (χ0n) is 21.7. The van der Waals surface area contributed by atoms with Crippen molar-refractivity contribution in [2.24, 2.45) is 0 Å². The van der Waals surface area contributed by atoms with E-state index in [-0.39, 0.29) is 30.0 Å². The van der Waals surface area contributed by atoms with Crippen molar-refractivity contribution >= 4 is 28.7 Å². The molecule has 2 aromatic heterocycles. The summed E-state index contributed by atoms with van der Waals surface area (Å²) >= 11 is 1.54. The molecule has 0 radical (unpaired) electrons. The predicted octanol–water partition coefficient (Wildman–Crippen LogP) is 3.76. The summed E-state index contributed by atoms with van der Waals surface area (Å²) < 4.78 is 10.9. The van der Waals surface area contributed by atoms with Gasteiger partial charge in [-0.05, 0) is 55.5 Å². The highest BCUT2D eigenvalue weighted by atomic mass is 32.1. The average molecular weight is 536 g/mol. The van der Waals surface area contributed by atoms with Gasteiger partial charge in [0.1, 0.15) is 27.3 Å². The molecule has 5 rings (SSSR count). The lowest BCUT2D eigenvalue weighted by molar-refractivity contribution is -0.122. The van der Waals surface area contributed by atoms with Crippen LogP contribution in [0.2, 0.25) is 0 Å². The first kappa shape index (κ1) is 26.4. The third-order valence-electron chi connectivity index (χ3n) is 7.04. The SMILES string of the molecule is COc1cccc(CC(=O)Cc2ccc(N3CCC(c4nnc(CC(=O)CC5CCCCO5)s4)C3)nn2)c1. The first-order valence-corrected chi connectivity index (χ1v) is 14.0. The second kappa shape index (κ2) is 12.5. The maximum Gasteiger partial charge on any atom is 0.151 e. The molecule has 2 atom stereocenters. The molecule has 9 nitrogen and oxygen atoms in total. The first-order chi connectivity index (χ1) is 18.6. The lowest BCUT2D eigenvalue weighted by Gasteiger charge is -2.21. The van der Waals surface area contributed by atoms with Gasteiger partial charge in [0.15, 0.2) is 5.82 Å². The van der Waals surface area contributed by atoms with Gasteiger partial charge in [0.25, 0.3) is 0 Å². The van der Waals surface area contributed by atoms with Crippen LogP contribution >= 0.6 is 11.3 Å². The second-order valence-corrected chi connectivity index (χ2v) is 11.1. The molecule has 2 aliphatic heterocycles. The molecule has 0 bridgehead atoms. The second-order valence-electron chi connectivity index (χ2n) is 10.0. The molecular formula is C28H33N5O4S. The van der Waals surface area contributed by atoms with E-state index in [1.54, 1.807) is 7.11 Å². The van der Waals surface area contributed by atoms with Gasteiger partial charge in [-0.25, -0.2) is 0 Å². The Morgan fingerprint density at radius 1 is 1.03 bits per heavy atom. The quantitative estimate of drug-likeness (QED) is 0.363. The molecule has 1 aromatic carbocycles. The van der Waals surface area contributed by atoms with Crippen LogP contribution in [0.3, 0.4) is 0 Å². The highest BCUT2D eigenvalue weighted by Crippen LogP contribution is 2.32. The minimum absolute atomic E-state index is 0.0608. The van der Waals surface area contributed by atoms with E-state index in [1.165, 1.54) is 11.3 Å². The van der Waals surface area contributed by atoms with Crippen LogP contribution in [0.25, 0.3) is 0 Å². The number of aromatic nitrogens is 4. The normalized spacial score (nSPS) is 19.4. The van der Waals surface area contributed by atoms with Gasteiger partial charge in [0, 0.05) is 38.5 Å². The van der Waals surface area contributed by atoms with Crippen molar-refractivity contribution in [3.8, 4) is 5.75 Å². The van der Waals surface area contributed by atoms with E-state index in [0.29, 0.717) is 25.0 Å². The molecule has 2 saturated heterocycles. The number of anilines is 1. The number of methoxy groups -OCH3 is 1. The smallest absolute Gasteiger partial charge is 0.151 e. The van der Waals surface area contributed by atoms with Gasteiger partial charge < -0.3 is 14.4 Å². The van der Waals surface area contributed by atoms with Crippen LogP contribution in [0.1, 0.15) is 59.3 Å². The average Bonchev–Trinajstić information content (AvgIpc) is 3.60. The monoisotopic (exact) mass is 535 g/mol. The van der Waals surface area contributed by atoms with Gasteiger partial charge in [0.2, 0.25) is 0 Å². The molecule has 0 aliphatic carbocycles. The van der Waals surface area contributed by atoms with E-state index in [1.807, 2.05) is 36.4 Å². The summed E-state index contributed by atoms with van der Waals surface area (Å²) in [5, 5.41) is 19.1. The van der Waals surface area contributed by atoms with E-state index in [4.69, 9.17) is 9.47 Å². The van der Waals surface area contributed by atoms with Crippen molar-refractivity contribution in [3.05, 3.63) is 57.7 Å². The van der Waals surface area contributed by atoms with Crippen LogP contribution in [0.5, 0.6) is 5.75 Å². The molecule has 0 saturated carbocycles. The van der Waals surface area contributed by atoms with Gasteiger partial charge in [-0.3, -0.25) is 9.59 Å². The highest BCUT2D eigenvalue weighted by molar-refractivity contribution is 7.11. The molecule has 3 aromatic rings. The lowest BCUT2D eigenvalue weighted by Crippen LogP contribution is -2.23. The minimum atomic E-state index is 0.0608. The maximum absolute atomic E-state index is 12.5. The molecule has 200 valence electrons. The Bertz CT molecular complexity index is 1240. The Hall–Kier alpha value is -3.24. The largest absolute Gasteiger partial charge is 0.497 e. The molecule has 0 amide bonds. The number of nitrogens with zero attached hydrogens (tertiary/aromatic N) is 5. The molecule has 4 heterocycles. The molecule has 2 aliphatic rings. The lowest BCUT2D eigenvalue weighted by atomic mass is 10.0. The van der Waals surface area contributed by atoms with Crippen LogP contribution in [0, 0.1) is 0 Å². The van der Waals surface area contributed by atoms with E-state index in [9.17, 15) is 9.59 Å². The molecule has 2 unspecified atom stereocenters. The molecule has 2 fully saturated rings. The number of ether oxygens (including phenoxy) is 2. The zero-order valence-corrected chi connectivity index (χ0v) is 22.5. The van der Waals surface area contributed by atoms with Gasteiger partial charge >= 0.3 is 0 Å². The fourth-order valence-corrected chi connectivity index (χ4v) is 6.02. The topological polar surface area (TPSA) is 107 Å². The number of benzene rings is 1. The Morgan fingerprint density at radius 3 is 2.74 bits per heavy atom.